The number of amides is 1. The van der Waals surface area contributed by atoms with E-state index >= 15 is 0 Å². The highest BCUT2D eigenvalue weighted by atomic mass is 16.5. The van der Waals surface area contributed by atoms with Crippen LogP contribution in [0.25, 0.3) is 5.65 Å². The number of nitrogens with zero attached hydrogens (tertiary/aromatic N) is 2. The third-order valence-electron chi connectivity index (χ3n) is 3.75. The fourth-order valence-electron chi connectivity index (χ4n) is 2.49. The third-order valence-corrected chi connectivity index (χ3v) is 3.75. The number of pyridine rings is 1. The van der Waals surface area contributed by atoms with Crippen molar-refractivity contribution >= 4 is 23.1 Å². The summed E-state index contributed by atoms with van der Waals surface area (Å²) in [6.45, 7) is 4.71. The molecule has 1 amide bonds. The highest BCUT2D eigenvalue weighted by molar-refractivity contribution is 5.85. The number of hydrogen-bond donors (Lipinski definition) is 2. The largest absolute Gasteiger partial charge is 0.449 e. The second-order valence-electron chi connectivity index (χ2n) is 6.57. The van der Waals surface area contributed by atoms with Crippen LogP contribution >= 0.6 is 0 Å². The minimum atomic E-state index is -0.481. The predicted octanol–water partition coefficient (Wildman–Crippen LogP) is 3.51. The molecule has 0 saturated heterocycles. The number of hydrogen-bond acceptors (Lipinski definition) is 5. The van der Waals surface area contributed by atoms with Crippen LogP contribution in [0.15, 0.2) is 59.5 Å². The van der Waals surface area contributed by atoms with Crippen molar-refractivity contribution in [3.63, 3.8) is 0 Å². The second kappa shape index (κ2) is 8.35. The Morgan fingerprint density at radius 1 is 1.15 bits per heavy atom. The first-order chi connectivity index (χ1) is 13.0. The molecule has 2 aromatic heterocycles. The standard InChI is InChI=1S/C20H22N4O3/c1-14(2)13-27-20(26)23-16-7-5-6-15(10-16)21-12-17-11-19(25)24-9-4-3-8-18(24)22-17/h3-11,14,21H,12-13H2,1-2H3,(H,23,26). The molecule has 0 aliphatic carbocycles. The average molecular weight is 366 g/mol. The molecule has 3 rings (SSSR count). The van der Waals surface area contributed by atoms with Gasteiger partial charge in [0.15, 0.2) is 0 Å². The van der Waals surface area contributed by atoms with Gasteiger partial charge in [0.25, 0.3) is 5.56 Å². The Morgan fingerprint density at radius 3 is 2.78 bits per heavy atom. The van der Waals surface area contributed by atoms with Crippen molar-refractivity contribution in [2.45, 2.75) is 20.4 Å². The van der Waals surface area contributed by atoms with Gasteiger partial charge in [-0.1, -0.05) is 26.0 Å². The quantitative estimate of drug-likeness (QED) is 0.697. The van der Waals surface area contributed by atoms with Crippen molar-refractivity contribution in [2.24, 2.45) is 5.92 Å². The molecule has 0 fully saturated rings. The molecule has 3 aromatic rings. The summed E-state index contributed by atoms with van der Waals surface area (Å²) in [6, 6.07) is 14.2. The minimum Gasteiger partial charge on any atom is -0.449 e. The van der Waals surface area contributed by atoms with Crippen molar-refractivity contribution < 1.29 is 9.53 Å². The Morgan fingerprint density at radius 2 is 1.96 bits per heavy atom. The fourth-order valence-corrected chi connectivity index (χ4v) is 2.49. The van der Waals surface area contributed by atoms with Crippen molar-refractivity contribution in [3.8, 4) is 0 Å². The zero-order chi connectivity index (χ0) is 19.2. The van der Waals surface area contributed by atoms with Gasteiger partial charge in [0, 0.05) is 23.6 Å². The van der Waals surface area contributed by atoms with Crippen LogP contribution in [0.1, 0.15) is 19.5 Å². The van der Waals surface area contributed by atoms with Gasteiger partial charge in [-0.2, -0.15) is 0 Å². The van der Waals surface area contributed by atoms with Gasteiger partial charge < -0.3 is 10.1 Å². The smallest absolute Gasteiger partial charge is 0.411 e. The highest BCUT2D eigenvalue weighted by Crippen LogP contribution is 2.16. The Bertz CT molecular complexity index is 998. The van der Waals surface area contributed by atoms with Gasteiger partial charge in [0.2, 0.25) is 0 Å². The van der Waals surface area contributed by atoms with Gasteiger partial charge in [0.05, 0.1) is 18.8 Å². The first kappa shape index (κ1) is 18.4. The molecular weight excluding hydrogens is 344 g/mol. The molecule has 140 valence electrons. The third kappa shape index (κ3) is 5.07. The molecule has 0 saturated carbocycles. The number of nitrogens with one attached hydrogen (secondary N) is 2. The van der Waals surface area contributed by atoms with Gasteiger partial charge in [-0.3, -0.25) is 14.5 Å². The van der Waals surface area contributed by atoms with Crippen molar-refractivity contribution in [3.05, 3.63) is 70.8 Å². The molecule has 0 bridgehead atoms. The zero-order valence-corrected chi connectivity index (χ0v) is 15.3. The lowest BCUT2D eigenvalue weighted by Crippen LogP contribution is -2.17. The van der Waals surface area contributed by atoms with Crippen LogP contribution in [0, 0.1) is 5.92 Å². The molecule has 2 N–H and O–H groups in total. The van der Waals surface area contributed by atoms with Crippen LogP contribution in [0.2, 0.25) is 0 Å². The van der Waals surface area contributed by atoms with Crippen LogP contribution in [0.3, 0.4) is 0 Å². The SMILES string of the molecule is CC(C)COC(=O)Nc1cccc(NCc2cc(=O)n3ccccc3n2)c1. The van der Waals surface area contributed by atoms with E-state index in [1.165, 1.54) is 10.5 Å². The van der Waals surface area contributed by atoms with Gasteiger partial charge in [-0.25, -0.2) is 9.78 Å². The maximum Gasteiger partial charge on any atom is 0.411 e. The van der Waals surface area contributed by atoms with E-state index in [0.29, 0.717) is 30.2 Å². The fraction of sp³-hybridized carbons (Fsp3) is 0.250. The lowest BCUT2D eigenvalue weighted by molar-refractivity contribution is 0.147. The lowest BCUT2D eigenvalue weighted by atomic mass is 10.2. The number of ether oxygens (including phenoxy) is 1. The number of carbonyl (C=O) groups is 1. The molecule has 0 aliphatic rings. The van der Waals surface area contributed by atoms with Crippen LogP contribution in [0.4, 0.5) is 16.2 Å². The van der Waals surface area contributed by atoms with E-state index in [2.05, 4.69) is 15.6 Å². The first-order valence-electron chi connectivity index (χ1n) is 8.76. The topological polar surface area (TPSA) is 84.7 Å². The Hall–Kier alpha value is -3.35. The van der Waals surface area contributed by atoms with E-state index in [-0.39, 0.29) is 11.5 Å². The highest BCUT2D eigenvalue weighted by Gasteiger charge is 2.06. The van der Waals surface area contributed by atoms with E-state index in [9.17, 15) is 9.59 Å². The Balaban J connectivity index is 1.65. The maximum absolute atomic E-state index is 12.1. The summed E-state index contributed by atoms with van der Waals surface area (Å²) in [7, 11) is 0. The van der Waals surface area contributed by atoms with Crippen LogP contribution < -0.4 is 16.2 Å². The van der Waals surface area contributed by atoms with E-state index in [1.54, 1.807) is 30.5 Å². The number of fused-ring (bicyclic) bond motifs is 1. The summed E-state index contributed by atoms with van der Waals surface area (Å²) < 4.78 is 6.61. The van der Waals surface area contributed by atoms with Crippen LogP contribution in [-0.2, 0) is 11.3 Å². The normalized spacial score (nSPS) is 10.8. The molecular formula is C20H22N4O3. The molecule has 0 unspecified atom stereocenters. The summed E-state index contributed by atoms with van der Waals surface area (Å²) in [5.41, 5.74) is 2.54. The second-order valence-corrected chi connectivity index (χ2v) is 6.57. The summed E-state index contributed by atoms with van der Waals surface area (Å²) >= 11 is 0. The Kier molecular flexibility index (Phi) is 5.71. The Labute approximate surface area is 157 Å². The zero-order valence-electron chi connectivity index (χ0n) is 15.3. The van der Waals surface area contributed by atoms with Gasteiger partial charge in [-0.15, -0.1) is 0 Å². The van der Waals surface area contributed by atoms with Gasteiger partial charge >= 0.3 is 6.09 Å². The molecule has 0 aliphatic heterocycles. The monoisotopic (exact) mass is 366 g/mol. The number of rotatable bonds is 6. The molecule has 1 aromatic carbocycles. The van der Waals surface area contributed by atoms with Gasteiger partial charge in [-0.05, 0) is 36.2 Å². The number of carbonyl (C=O) groups excluding carboxylic acids is 1. The number of anilines is 2. The van der Waals surface area contributed by atoms with Crippen molar-refractivity contribution in [2.75, 3.05) is 17.2 Å². The van der Waals surface area contributed by atoms with Crippen LogP contribution in [0.5, 0.6) is 0 Å². The first-order valence-corrected chi connectivity index (χ1v) is 8.76. The average Bonchev–Trinajstić information content (AvgIpc) is 2.65. The van der Waals surface area contributed by atoms with E-state index in [1.807, 2.05) is 32.0 Å². The van der Waals surface area contributed by atoms with E-state index < -0.39 is 6.09 Å². The predicted molar refractivity (Wildman–Crippen MR) is 105 cm³/mol. The molecule has 7 heteroatoms. The summed E-state index contributed by atoms with van der Waals surface area (Å²) in [5, 5.41) is 5.91. The summed E-state index contributed by atoms with van der Waals surface area (Å²) in [6.07, 6.45) is 1.21. The lowest BCUT2D eigenvalue weighted by Gasteiger charge is -2.11. The number of benzene rings is 1. The molecule has 27 heavy (non-hydrogen) atoms. The molecule has 0 radical (unpaired) electrons. The summed E-state index contributed by atoms with van der Waals surface area (Å²) in [4.78, 5) is 28.4. The van der Waals surface area contributed by atoms with E-state index in [4.69, 9.17) is 4.74 Å². The van der Waals surface area contributed by atoms with E-state index in [0.717, 1.165) is 5.69 Å². The maximum atomic E-state index is 12.1. The summed E-state index contributed by atoms with van der Waals surface area (Å²) in [5.74, 6) is 0.280. The van der Waals surface area contributed by atoms with Gasteiger partial charge in [0.1, 0.15) is 5.65 Å². The molecule has 2 heterocycles. The molecule has 7 nitrogen and oxygen atoms in total. The van der Waals surface area contributed by atoms with Crippen molar-refractivity contribution in [1.82, 2.24) is 9.38 Å². The molecule has 0 spiro atoms. The minimum absolute atomic E-state index is 0.124. The van der Waals surface area contributed by atoms with Crippen LogP contribution in [-0.4, -0.2) is 22.1 Å². The van der Waals surface area contributed by atoms with Crippen molar-refractivity contribution in [1.29, 1.82) is 0 Å². The molecule has 0 atom stereocenters. The number of aromatic nitrogens is 2.